The first-order valence-electron chi connectivity index (χ1n) is 5.55. The molecule has 4 heteroatoms. The fourth-order valence-electron chi connectivity index (χ4n) is 1.61. The van der Waals surface area contributed by atoms with Crippen molar-refractivity contribution in [1.29, 1.82) is 0 Å². The van der Waals surface area contributed by atoms with Crippen LogP contribution in [0.15, 0.2) is 51.4 Å². The van der Waals surface area contributed by atoms with Gasteiger partial charge in [0.05, 0.1) is 4.47 Å². The van der Waals surface area contributed by atoms with Gasteiger partial charge in [-0.25, -0.2) is 0 Å². The molecule has 2 aromatic rings. The molecule has 0 atom stereocenters. The van der Waals surface area contributed by atoms with Gasteiger partial charge in [0.2, 0.25) is 0 Å². The number of para-hydroxylation sites is 1. The van der Waals surface area contributed by atoms with Crippen molar-refractivity contribution in [3.63, 3.8) is 0 Å². The van der Waals surface area contributed by atoms with E-state index in [1.165, 1.54) is 0 Å². The van der Waals surface area contributed by atoms with Gasteiger partial charge in [-0.15, -0.1) is 0 Å². The predicted octanol–water partition coefficient (Wildman–Crippen LogP) is 4.25. The first-order chi connectivity index (χ1) is 8.70. The minimum absolute atomic E-state index is 0.467. The highest BCUT2D eigenvalue weighted by atomic mass is 79.9. The van der Waals surface area contributed by atoms with Crippen LogP contribution in [0.1, 0.15) is 11.1 Å². The molecule has 2 aromatic carbocycles. The summed E-state index contributed by atoms with van der Waals surface area (Å²) in [5, 5.41) is 0. The van der Waals surface area contributed by atoms with Crippen molar-refractivity contribution in [2.75, 3.05) is 0 Å². The lowest BCUT2D eigenvalue weighted by Crippen LogP contribution is -2.03. The van der Waals surface area contributed by atoms with Crippen molar-refractivity contribution in [2.24, 2.45) is 5.73 Å². The molecule has 0 aliphatic rings. The zero-order valence-corrected chi connectivity index (χ0v) is 12.9. The molecular formula is C14H13Br2NO. The van der Waals surface area contributed by atoms with Gasteiger partial charge in [-0.1, -0.05) is 40.2 Å². The highest BCUT2D eigenvalue weighted by Crippen LogP contribution is 2.29. The van der Waals surface area contributed by atoms with E-state index in [1.54, 1.807) is 0 Å². The van der Waals surface area contributed by atoms with Crippen LogP contribution in [-0.2, 0) is 13.2 Å². The van der Waals surface area contributed by atoms with Gasteiger partial charge in [0, 0.05) is 16.6 Å². The van der Waals surface area contributed by atoms with Crippen molar-refractivity contribution in [1.82, 2.24) is 0 Å². The number of hydrogen-bond donors (Lipinski definition) is 1. The second-order valence-corrected chi connectivity index (χ2v) is 5.62. The highest BCUT2D eigenvalue weighted by molar-refractivity contribution is 9.10. The largest absolute Gasteiger partial charge is 0.487 e. The van der Waals surface area contributed by atoms with Gasteiger partial charge in [0.15, 0.2) is 0 Å². The van der Waals surface area contributed by atoms with E-state index in [0.29, 0.717) is 13.2 Å². The van der Waals surface area contributed by atoms with Crippen molar-refractivity contribution in [3.05, 3.63) is 62.5 Å². The quantitative estimate of drug-likeness (QED) is 0.873. The lowest BCUT2D eigenvalue weighted by atomic mass is 10.2. The van der Waals surface area contributed by atoms with Gasteiger partial charge >= 0.3 is 0 Å². The van der Waals surface area contributed by atoms with Crippen LogP contribution in [-0.4, -0.2) is 0 Å². The molecule has 2 N–H and O–H groups in total. The Morgan fingerprint density at radius 1 is 1.00 bits per heavy atom. The summed E-state index contributed by atoms with van der Waals surface area (Å²) in [5.41, 5.74) is 7.82. The molecule has 94 valence electrons. The van der Waals surface area contributed by atoms with Gasteiger partial charge in [-0.05, 0) is 39.7 Å². The summed E-state index contributed by atoms with van der Waals surface area (Å²) in [4.78, 5) is 0. The average molecular weight is 371 g/mol. The molecule has 0 saturated carbocycles. The normalized spacial score (nSPS) is 10.4. The minimum atomic E-state index is 0.467. The smallest absolute Gasteiger partial charge is 0.138 e. The number of nitrogens with two attached hydrogens (primary N) is 1. The number of ether oxygens (including phenoxy) is 1. The molecule has 0 bridgehead atoms. The molecule has 0 amide bonds. The summed E-state index contributed by atoms with van der Waals surface area (Å²) >= 11 is 6.90. The Morgan fingerprint density at radius 2 is 1.72 bits per heavy atom. The van der Waals surface area contributed by atoms with Crippen LogP contribution in [0.25, 0.3) is 0 Å². The fourth-order valence-corrected chi connectivity index (χ4v) is 2.40. The molecule has 0 fully saturated rings. The first-order valence-corrected chi connectivity index (χ1v) is 7.14. The molecule has 0 radical (unpaired) electrons. The molecule has 0 aromatic heterocycles. The van der Waals surface area contributed by atoms with Crippen LogP contribution in [0.5, 0.6) is 5.75 Å². The standard InChI is InChI=1S/C14H13Br2NO/c15-12-6-4-10(5-7-12)9-18-14-11(8-17)2-1-3-13(14)16/h1-7H,8-9,17H2. The predicted molar refractivity (Wildman–Crippen MR) is 80.5 cm³/mol. The van der Waals surface area contributed by atoms with Crippen molar-refractivity contribution < 1.29 is 4.74 Å². The zero-order chi connectivity index (χ0) is 13.0. The van der Waals surface area contributed by atoms with Gasteiger partial charge < -0.3 is 10.5 Å². The fraction of sp³-hybridized carbons (Fsp3) is 0.143. The van der Waals surface area contributed by atoms with Crippen LogP contribution in [0.2, 0.25) is 0 Å². The Morgan fingerprint density at radius 3 is 2.39 bits per heavy atom. The molecule has 0 spiro atoms. The molecule has 2 rings (SSSR count). The van der Waals surface area contributed by atoms with Gasteiger partial charge in [0.1, 0.15) is 12.4 Å². The summed E-state index contributed by atoms with van der Waals surface area (Å²) in [6, 6.07) is 14.0. The van der Waals surface area contributed by atoms with Crippen molar-refractivity contribution in [2.45, 2.75) is 13.2 Å². The van der Waals surface area contributed by atoms with Gasteiger partial charge in [-0.2, -0.15) is 0 Å². The topological polar surface area (TPSA) is 35.2 Å². The highest BCUT2D eigenvalue weighted by Gasteiger charge is 2.06. The average Bonchev–Trinajstić information content (AvgIpc) is 2.39. The molecule has 2 nitrogen and oxygen atoms in total. The molecule has 18 heavy (non-hydrogen) atoms. The third-order valence-electron chi connectivity index (χ3n) is 2.56. The van der Waals surface area contributed by atoms with Crippen LogP contribution < -0.4 is 10.5 Å². The SMILES string of the molecule is NCc1cccc(Br)c1OCc1ccc(Br)cc1. The second-order valence-electron chi connectivity index (χ2n) is 3.85. The van der Waals surface area contributed by atoms with E-state index in [4.69, 9.17) is 10.5 Å². The van der Waals surface area contributed by atoms with Gasteiger partial charge in [-0.3, -0.25) is 0 Å². The number of benzene rings is 2. The molecule has 0 aliphatic carbocycles. The maximum Gasteiger partial charge on any atom is 0.138 e. The zero-order valence-electron chi connectivity index (χ0n) is 9.70. The molecular weight excluding hydrogens is 358 g/mol. The monoisotopic (exact) mass is 369 g/mol. The Labute approximate surface area is 123 Å². The summed E-state index contributed by atoms with van der Waals surface area (Å²) in [5.74, 6) is 0.822. The molecule has 0 heterocycles. The molecule has 0 aliphatic heterocycles. The Hall–Kier alpha value is -0.840. The summed E-state index contributed by atoms with van der Waals surface area (Å²) < 4.78 is 7.84. The Kier molecular flexibility index (Phi) is 4.80. The van der Waals surface area contributed by atoms with E-state index in [2.05, 4.69) is 31.9 Å². The Bertz CT molecular complexity index is 526. The minimum Gasteiger partial charge on any atom is -0.487 e. The van der Waals surface area contributed by atoms with Crippen LogP contribution in [0, 0.1) is 0 Å². The van der Waals surface area contributed by atoms with E-state index < -0.39 is 0 Å². The summed E-state index contributed by atoms with van der Waals surface area (Å²) in [7, 11) is 0. The number of rotatable bonds is 4. The van der Waals surface area contributed by atoms with Crippen LogP contribution in [0.3, 0.4) is 0 Å². The Balaban J connectivity index is 2.12. The maximum atomic E-state index is 5.84. The lowest BCUT2D eigenvalue weighted by Gasteiger charge is -2.12. The van der Waals surface area contributed by atoms with E-state index in [-0.39, 0.29) is 0 Å². The second kappa shape index (κ2) is 6.36. The van der Waals surface area contributed by atoms with Crippen LogP contribution in [0.4, 0.5) is 0 Å². The number of hydrogen-bond acceptors (Lipinski definition) is 2. The maximum absolute atomic E-state index is 5.84. The number of halogens is 2. The first kappa shape index (κ1) is 13.6. The van der Waals surface area contributed by atoms with E-state index in [1.807, 2.05) is 42.5 Å². The lowest BCUT2D eigenvalue weighted by molar-refractivity contribution is 0.301. The third kappa shape index (κ3) is 3.34. The molecule has 0 unspecified atom stereocenters. The van der Waals surface area contributed by atoms with E-state index >= 15 is 0 Å². The van der Waals surface area contributed by atoms with Crippen LogP contribution >= 0.6 is 31.9 Å². The summed E-state index contributed by atoms with van der Waals surface area (Å²) in [6.07, 6.45) is 0. The molecule has 0 saturated heterocycles. The van der Waals surface area contributed by atoms with Gasteiger partial charge in [0.25, 0.3) is 0 Å². The summed E-state index contributed by atoms with van der Waals surface area (Å²) in [6.45, 7) is 0.998. The van der Waals surface area contributed by atoms with Crippen molar-refractivity contribution in [3.8, 4) is 5.75 Å². The third-order valence-corrected chi connectivity index (χ3v) is 3.72. The van der Waals surface area contributed by atoms with E-state index in [0.717, 1.165) is 25.8 Å². The van der Waals surface area contributed by atoms with Crippen molar-refractivity contribution >= 4 is 31.9 Å². The van der Waals surface area contributed by atoms with E-state index in [9.17, 15) is 0 Å².